The average Bonchev–Trinajstić information content (AvgIpc) is 2.71. The minimum Gasteiger partial charge on any atom is -0.389 e. The van der Waals surface area contributed by atoms with Crippen LogP contribution < -0.4 is 0 Å². The summed E-state index contributed by atoms with van der Waals surface area (Å²) in [7, 11) is 0. The highest BCUT2D eigenvalue weighted by Gasteiger charge is 2.90. The zero-order chi connectivity index (χ0) is 20.4. The van der Waals surface area contributed by atoms with Crippen molar-refractivity contribution in [2.75, 3.05) is 0 Å². The molecule has 7 heteroatoms. The molecule has 0 amide bonds. The molecule has 1 spiro atoms. The Hall–Kier alpha value is -0.860. The fourth-order valence-electron chi connectivity index (χ4n) is 6.64. The number of carbonyl (C=O) groups is 2. The quantitative estimate of drug-likeness (QED) is 0.514. The van der Waals surface area contributed by atoms with E-state index in [4.69, 9.17) is 4.74 Å². The van der Waals surface area contributed by atoms with Crippen LogP contribution in [0.25, 0.3) is 0 Å². The molecule has 2 saturated heterocycles. The number of aliphatic hydroxyl groups is 4. The highest BCUT2D eigenvalue weighted by Crippen LogP contribution is 2.73. The standard InChI is InChI=1S/C20H30O7/c1-10(2)17(24)8-12(21)15(4)9-19(26)16(17,5)14(23)20(27-19)13(22)11(3)6-7-18(15,20)25/h10-11,13,22,24-26H,6-9H2,1-5H3/t11-,13+,15+,16-,17-,18-,19-,20-/m0/s1. The van der Waals surface area contributed by atoms with Crippen LogP contribution >= 0.6 is 0 Å². The number of carbonyl (C=O) groups excluding carboxylic acids is 2. The molecule has 0 aromatic rings. The maximum atomic E-state index is 13.9. The summed E-state index contributed by atoms with van der Waals surface area (Å²) in [6, 6.07) is 0. The number of ketones is 2. The van der Waals surface area contributed by atoms with Crippen LogP contribution in [0.15, 0.2) is 0 Å². The lowest BCUT2D eigenvalue weighted by atomic mass is 9.49. The summed E-state index contributed by atoms with van der Waals surface area (Å²) in [6.07, 6.45) is -1.53. The fourth-order valence-corrected chi connectivity index (χ4v) is 6.64. The van der Waals surface area contributed by atoms with Crippen LogP contribution in [-0.4, -0.2) is 60.7 Å². The van der Waals surface area contributed by atoms with Gasteiger partial charge in [0.15, 0.2) is 17.2 Å². The molecule has 27 heavy (non-hydrogen) atoms. The van der Waals surface area contributed by atoms with E-state index in [2.05, 4.69) is 0 Å². The SMILES string of the molecule is CC(C)[C@@]1(O)CC(=O)[C@@]2(C)C[C@]3(O)O[C@]4(C(=O)[C@]31C)[C@H](O)[C@@H](C)CC[C@@]42O. The fraction of sp³-hybridized carbons (Fsp3) is 0.900. The van der Waals surface area contributed by atoms with Crippen LogP contribution in [0, 0.1) is 22.7 Å². The van der Waals surface area contributed by atoms with Crippen molar-refractivity contribution in [2.24, 2.45) is 22.7 Å². The molecular formula is C20H30O7. The molecule has 0 aromatic heterocycles. The number of hydrogen-bond acceptors (Lipinski definition) is 7. The molecule has 0 radical (unpaired) electrons. The minimum atomic E-state index is -2.16. The molecular weight excluding hydrogens is 352 g/mol. The van der Waals surface area contributed by atoms with Gasteiger partial charge in [-0.3, -0.25) is 9.59 Å². The maximum absolute atomic E-state index is 13.9. The van der Waals surface area contributed by atoms with Gasteiger partial charge in [-0.1, -0.05) is 20.8 Å². The smallest absolute Gasteiger partial charge is 0.186 e. The van der Waals surface area contributed by atoms with E-state index in [-0.39, 0.29) is 25.2 Å². The van der Waals surface area contributed by atoms with E-state index in [1.807, 2.05) is 0 Å². The summed E-state index contributed by atoms with van der Waals surface area (Å²) >= 11 is 0. The molecule has 0 aromatic carbocycles. The van der Waals surface area contributed by atoms with Crippen molar-refractivity contribution in [3.05, 3.63) is 0 Å². The Morgan fingerprint density at radius 1 is 1.15 bits per heavy atom. The lowest BCUT2D eigenvalue weighted by Gasteiger charge is -2.61. The van der Waals surface area contributed by atoms with E-state index in [1.165, 1.54) is 13.8 Å². The third kappa shape index (κ3) is 1.59. The zero-order valence-electron chi connectivity index (χ0n) is 16.6. The van der Waals surface area contributed by atoms with Crippen molar-refractivity contribution < 1.29 is 34.8 Å². The van der Waals surface area contributed by atoms with E-state index in [0.717, 1.165) is 0 Å². The molecule has 3 bridgehead atoms. The molecule has 4 aliphatic rings. The average molecular weight is 382 g/mol. The van der Waals surface area contributed by atoms with Gasteiger partial charge in [-0.2, -0.15) is 0 Å². The van der Waals surface area contributed by atoms with Gasteiger partial charge in [0.1, 0.15) is 16.8 Å². The van der Waals surface area contributed by atoms with Crippen LogP contribution in [-0.2, 0) is 14.3 Å². The van der Waals surface area contributed by atoms with E-state index >= 15 is 0 Å². The Morgan fingerprint density at radius 2 is 1.74 bits per heavy atom. The van der Waals surface area contributed by atoms with E-state index in [0.29, 0.717) is 6.42 Å². The van der Waals surface area contributed by atoms with Gasteiger partial charge < -0.3 is 25.2 Å². The van der Waals surface area contributed by atoms with Crippen LogP contribution in [0.1, 0.15) is 60.3 Å². The summed E-state index contributed by atoms with van der Waals surface area (Å²) in [5, 5.41) is 46.0. The number of Topliss-reactive ketones (excluding diaryl/α,β-unsaturated/α-hetero) is 2. The molecule has 0 unspecified atom stereocenters. The summed E-state index contributed by atoms with van der Waals surface area (Å²) in [5.74, 6) is -4.18. The Morgan fingerprint density at radius 3 is 2.30 bits per heavy atom. The predicted molar refractivity (Wildman–Crippen MR) is 93.4 cm³/mol. The largest absolute Gasteiger partial charge is 0.389 e. The Labute approximate surface area is 158 Å². The van der Waals surface area contributed by atoms with Crippen molar-refractivity contribution in [3.8, 4) is 0 Å². The van der Waals surface area contributed by atoms with Crippen molar-refractivity contribution in [3.63, 3.8) is 0 Å². The number of hydrogen-bond donors (Lipinski definition) is 4. The van der Waals surface area contributed by atoms with E-state index in [1.54, 1.807) is 20.8 Å². The maximum Gasteiger partial charge on any atom is 0.186 e. The lowest BCUT2D eigenvalue weighted by Crippen LogP contribution is -2.78. The van der Waals surface area contributed by atoms with E-state index < -0.39 is 57.0 Å². The van der Waals surface area contributed by atoms with Gasteiger partial charge in [0.2, 0.25) is 0 Å². The molecule has 2 aliphatic heterocycles. The number of aliphatic hydroxyl groups excluding tert-OH is 1. The predicted octanol–water partition coefficient (Wildman–Crippen LogP) is 0.311. The van der Waals surface area contributed by atoms with E-state index in [9.17, 15) is 30.0 Å². The van der Waals surface area contributed by atoms with Crippen molar-refractivity contribution in [2.45, 2.75) is 89.0 Å². The highest BCUT2D eigenvalue weighted by atomic mass is 16.7. The monoisotopic (exact) mass is 382 g/mol. The van der Waals surface area contributed by atoms with Gasteiger partial charge in [0.25, 0.3) is 0 Å². The van der Waals surface area contributed by atoms with Gasteiger partial charge >= 0.3 is 0 Å². The molecule has 4 fully saturated rings. The lowest BCUT2D eigenvalue weighted by molar-refractivity contribution is -0.383. The number of ether oxygens (including phenoxy) is 1. The highest BCUT2D eigenvalue weighted by molar-refractivity contribution is 6.04. The molecule has 4 rings (SSSR count). The first kappa shape index (κ1) is 19.5. The van der Waals surface area contributed by atoms with Crippen molar-refractivity contribution in [1.82, 2.24) is 0 Å². The Bertz CT molecular complexity index is 751. The summed E-state index contributed by atoms with van der Waals surface area (Å²) in [4.78, 5) is 27.3. The second kappa shape index (κ2) is 4.82. The molecule has 4 N–H and O–H groups in total. The van der Waals surface area contributed by atoms with Crippen LogP contribution in [0.5, 0.6) is 0 Å². The normalized spacial score (nSPS) is 59.9. The third-order valence-corrected chi connectivity index (χ3v) is 8.81. The van der Waals surface area contributed by atoms with Gasteiger partial charge in [-0.05, 0) is 38.5 Å². The summed E-state index contributed by atoms with van der Waals surface area (Å²) in [6.45, 7) is 8.08. The van der Waals surface area contributed by atoms with Crippen molar-refractivity contribution >= 4 is 11.6 Å². The van der Waals surface area contributed by atoms with Gasteiger partial charge in [-0.15, -0.1) is 0 Å². The second-order valence-electron chi connectivity index (χ2n) is 10.1. The first-order valence-electron chi connectivity index (χ1n) is 9.81. The second-order valence-corrected chi connectivity index (χ2v) is 10.1. The summed E-state index contributed by atoms with van der Waals surface area (Å²) < 4.78 is 5.94. The van der Waals surface area contributed by atoms with Gasteiger partial charge in [0, 0.05) is 12.8 Å². The van der Waals surface area contributed by atoms with Gasteiger partial charge in [0.05, 0.1) is 17.1 Å². The first-order valence-corrected chi connectivity index (χ1v) is 9.81. The third-order valence-electron chi connectivity index (χ3n) is 8.81. The zero-order valence-corrected chi connectivity index (χ0v) is 16.6. The van der Waals surface area contributed by atoms with Crippen LogP contribution in [0.2, 0.25) is 0 Å². The number of fused-ring (bicyclic) bond motifs is 2. The summed E-state index contributed by atoms with van der Waals surface area (Å²) in [5.41, 5.74) is -9.32. The molecule has 152 valence electrons. The molecule has 2 aliphatic carbocycles. The molecule has 7 nitrogen and oxygen atoms in total. The molecule has 2 saturated carbocycles. The van der Waals surface area contributed by atoms with Gasteiger partial charge in [-0.25, -0.2) is 0 Å². The molecule has 2 heterocycles. The minimum absolute atomic E-state index is 0.103. The Kier molecular flexibility index (Phi) is 3.47. The Balaban J connectivity index is 2.12. The number of rotatable bonds is 1. The topological polar surface area (TPSA) is 124 Å². The molecule has 8 atom stereocenters. The van der Waals surface area contributed by atoms with Crippen molar-refractivity contribution in [1.29, 1.82) is 0 Å². The van der Waals surface area contributed by atoms with Crippen LogP contribution in [0.3, 0.4) is 0 Å². The van der Waals surface area contributed by atoms with Crippen LogP contribution in [0.4, 0.5) is 0 Å². The first-order chi connectivity index (χ1) is 12.2.